The Kier molecular flexibility index (Phi) is 10.1. The lowest BCUT2D eigenvalue weighted by Gasteiger charge is -2.61. The fourth-order valence-corrected chi connectivity index (χ4v) is 12.5. The third-order valence-corrected chi connectivity index (χ3v) is 15.4. The van der Waals surface area contributed by atoms with Crippen molar-refractivity contribution in [1.29, 1.82) is 0 Å². The minimum Gasteiger partial charge on any atom is -0.374 e. The van der Waals surface area contributed by atoms with Crippen molar-refractivity contribution in [1.82, 2.24) is 20.3 Å². The Bertz CT molecular complexity index is 1670. The number of aryl methyl sites for hydroxylation is 1. The SMILES string of the molecule is Cc1ccc(Cn2cc(CNC(=O)[C@@H](C)CC[C@H]3O[C@H]4C[C@H]5[C@@H]6CC[C@@H]7C[C@@H](OCc8ccccc8)CC[C@]7(C)[C@H]6CC[C@]5(C)[C@H]4[C@@H]3C)nn2)cc1. The summed E-state index contributed by atoms with van der Waals surface area (Å²) >= 11 is 0. The number of aromatic nitrogens is 3. The number of benzene rings is 2. The van der Waals surface area contributed by atoms with E-state index in [4.69, 9.17) is 9.47 Å². The Hall–Kier alpha value is -3.03. The molecule has 2 heterocycles. The maximum Gasteiger partial charge on any atom is 0.223 e. The lowest BCUT2D eigenvalue weighted by molar-refractivity contribution is -0.139. The molecule has 1 aliphatic heterocycles. The lowest BCUT2D eigenvalue weighted by atomic mass is 9.44. The van der Waals surface area contributed by atoms with Crippen LogP contribution in [0.2, 0.25) is 0 Å². The van der Waals surface area contributed by atoms with Crippen molar-refractivity contribution in [2.75, 3.05) is 0 Å². The fraction of sp³-hybridized carbons (Fsp3) is 0.667. The average molecular weight is 707 g/mol. The van der Waals surface area contributed by atoms with E-state index in [1.807, 2.05) is 10.9 Å². The van der Waals surface area contributed by atoms with Gasteiger partial charge in [0.15, 0.2) is 0 Å². The second-order valence-corrected chi connectivity index (χ2v) is 18.3. The van der Waals surface area contributed by atoms with Gasteiger partial charge in [-0.15, -0.1) is 5.10 Å². The molecule has 5 fully saturated rings. The van der Waals surface area contributed by atoms with Crippen LogP contribution >= 0.6 is 0 Å². The van der Waals surface area contributed by atoms with Gasteiger partial charge in [0.2, 0.25) is 5.91 Å². The van der Waals surface area contributed by atoms with Gasteiger partial charge in [0.05, 0.1) is 44.2 Å². The number of carbonyl (C=O) groups is 1. The second-order valence-electron chi connectivity index (χ2n) is 18.3. The summed E-state index contributed by atoms with van der Waals surface area (Å²) in [7, 11) is 0. The molecule has 0 unspecified atom stereocenters. The van der Waals surface area contributed by atoms with E-state index in [1.54, 1.807) is 0 Å². The molecule has 4 saturated carbocycles. The third-order valence-electron chi connectivity index (χ3n) is 15.4. The number of nitrogens with one attached hydrogen (secondary N) is 1. The van der Waals surface area contributed by atoms with Gasteiger partial charge in [-0.05, 0) is 129 Å². The van der Waals surface area contributed by atoms with Crippen LogP contribution in [0, 0.1) is 59.2 Å². The number of hydrogen-bond acceptors (Lipinski definition) is 5. The van der Waals surface area contributed by atoms with Gasteiger partial charge in [-0.1, -0.05) is 93.1 Å². The topological polar surface area (TPSA) is 78.3 Å². The molecule has 12 atom stereocenters. The minimum atomic E-state index is -0.0626. The predicted octanol–water partition coefficient (Wildman–Crippen LogP) is 8.93. The third kappa shape index (κ3) is 6.90. The van der Waals surface area contributed by atoms with Gasteiger partial charge >= 0.3 is 0 Å². The normalized spacial score (nSPS) is 37.1. The Balaban J connectivity index is 0.811. The first kappa shape index (κ1) is 36.0. The lowest BCUT2D eigenvalue weighted by Crippen LogP contribution is -2.54. The quantitative estimate of drug-likeness (QED) is 0.216. The highest BCUT2D eigenvalue weighted by molar-refractivity contribution is 5.78. The summed E-state index contributed by atoms with van der Waals surface area (Å²) in [5.74, 6) is 4.48. The van der Waals surface area contributed by atoms with E-state index in [2.05, 4.69) is 105 Å². The standard InChI is InChI=1S/C45H62N4O3/c1-29-11-14-32(15-12-29)26-49-27-35(47-48-49)25-46-43(50)30(2)13-18-40-31(3)42-41(52-40)24-39-37-17-16-34-23-36(51-28-33-9-7-6-8-10-33)19-21-44(34,4)38(37)20-22-45(39,42)5/h6-12,14-15,27,30-31,34,36-42H,13,16-26,28H2,1-5H3,(H,46,50)/t30-,31+,34+,36-,37+,38-,39-,40+,41-,42-,44-,45-/m0/s1. The molecule has 1 saturated heterocycles. The summed E-state index contributed by atoms with van der Waals surface area (Å²) in [6.45, 7) is 13.8. The highest BCUT2D eigenvalue weighted by Gasteiger charge is 2.65. The number of amides is 1. The van der Waals surface area contributed by atoms with Crippen molar-refractivity contribution in [2.45, 2.75) is 137 Å². The summed E-state index contributed by atoms with van der Waals surface area (Å²) < 4.78 is 15.3. The van der Waals surface area contributed by atoms with Crippen LogP contribution in [0.4, 0.5) is 0 Å². The van der Waals surface area contributed by atoms with Gasteiger partial charge in [0, 0.05) is 5.92 Å². The van der Waals surface area contributed by atoms with E-state index >= 15 is 0 Å². The molecule has 7 nitrogen and oxygen atoms in total. The zero-order chi connectivity index (χ0) is 36.0. The van der Waals surface area contributed by atoms with E-state index in [1.165, 1.54) is 68.1 Å². The molecule has 3 aromatic rings. The van der Waals surface area contributed by atoms with Crippen LogP contribution in [0.15, 0.2) is 60.8 Å². The molecule has 7 heteroatoms. The summed E-state index contributed by atoms with van der Waals surface area (Å²) in [5.41, 5.74) is 5.34. The van der Waals surface area contributed by atoms with Crippen LogP contribution in [0.25, 0.3) is 0 Å². The van der Waals surface area contributed by atoms with Crippen LogP contribution in [0.5, 0.6) is 0 Å². The van der Waals surface area contributed by atoms with Gasteiger partial charge in [-0.3, -0.25) is 4.79 Å². The Morgan fingerprint density at radius 1 is 0.981 bits per heavy atom. The molecular formula is C45H62N4O3. The highest BCUT2D eigenvalue weighted by Crippen LogP contribution is 2.70. The summed E-state index contributed by atoms with van der Waals surface area (Å²) in [6.07, 6.45) is 15.3. The maximum atomic E-state index is 13.1. The molecule has 0 radical (unpaired) electrons. The summed E-state index contributed by atoms with van der Waals surface area (Å²) in [4.78, 5) is 13.1. The molecule has 52 heavy (non-hydrogen) atoms. The molecule has 1 N–H and O–H groups in total. The van der Waals surface area contributed by atoms with Crippen LogP contribution in [0.1, 0.15) is 114 Å². The van der Waals surface area contributed by atoms with Crippen molar-refractivity contribution in [3.8, 4) is 0 Å². The van der Waals surface area contributed by atoms with Gasteiger partial charge in [-0.2, -0.15) is 0 Å². The number of hydrogen-bond donors (Lipinski definition) is 1. The largest absolute Gasteiger partial charge is 0.374 e. The summed E-state index contributed by atoms with van der Waals surface area (Å²) in [6, 6.07) is 19.2. The van der Waals surface area contributed by atoms with Crippen molar-refractivity contribution >= 4 is 5.91 Å². The Morgan fingerprint density at radius 2 is 1.77 bits per heavy atom. The van der Waals surface area contributed by atoms with Crippen molar-refractivity contribution in [3.05, 3.63) is 83.2 Å². The van der Waals surface area contributed by atoms with Crippen molar-refractivity contribution in [2.24, 2.45) is 52.3 Å². The number of rotatable bonds is 11. The minimum absolute atomic E-state index is 0.0626. The zero-order valence-electron chi connectivity index (χ0n) is 32.3. The highest BCUT2D eigenvalue weighted by atomic mass is 16.5. The molecule has 5 aliphatic rings. The second kappa shape index (κ2) is 14.7. The molecule has 8 rings (SSSR count). The van der Waals surface area contributed by atoms with Crippen LogP contribution in [-0.4, -0.2) is 39.2 Å². The molecule has 4 aliphatic carbocycles. The monoisotopic (exact) mass is 706 g/mol. The Labute approximate surface area is 312 Å². The van der Waals surface area contributed by atoms with Crippen LogP contribution in [-0.2, 0) is 34.0 Å². The van der Waals surface area contributed by atoms with E-state index in [-0.39, 0.29) is 17.9 Å². The molecule has 2 aromatic carbocycles. The number of ether oxygens (including phenoxy) is 2. The molecule has 1 amide bonds. The molecule has 280 valence electrons. The van der Waals surface area contributed by atoms with Gasteiger partial charge < -0.3 is 14.8 Å². The maximum absolute atomic E-state index is 13.1. The molecule has 1 aromatic heterocycles. The number of carbonyl (C=O) groups excluding carboxylic acids is 1. The van der Waals surface area contributed by atoms with Crippen LogP contribution < -0.4 is 5.32 Å². The molecule has 0 spiro atoms. The predicted molar refractivity (Wildman–Crippen MR) is 204 cm³/mol. The average Bonchev–Trinajstić information content (AvgIpc) is 3.82. The fourth-order valence-electron chi connectivity index (χ4n) is 12.5. The van der Waals surface area contributed by atoms with Gasteiger partial charge in [0.25, 0.3) is 0 Å². The molecular weight excluding hydrogens is 645 g/mol. The van der Waals surface area contributed by atoms with E-state index in [0.717, 1.165) is 48.8 Å². The number of fused-ring (bicyclic) bond motifs is 7. The number of nitrogens with zero attached hydrogens (tertiary/aromatic N) is 3. The summed E-state index contributed by atoms with van der Waals surface area (Å²) in [5, 5.41) is 11.7. The van der Waals surface area contributed by atoms with Crippen molar-refractivity contribution in [3.63, 3.8) is 0 Å². The van der Waals surface area contributed by atoms with E-state index < -0.39 is 0 Å². The van der Waals surface area contributed by atoms with Gasteiger partial charge in [0.1, 0.15) is 5.69 Å². The first-order chi connectivity index (χ1) is 25.1. The zero-order valence-corrected chi connectivity index (χ0v) is 32.3. The van der Waals surface area contributed by atoms with Gasteiger partial charge in [-0.25, -0.2) is 4.68 Å². The molecule has 0 bridgehead atoms. The first-order valence-electron chi connectivity index (χ1n) is 20.6. The Morgan fingerprint density at radius 3 is 2.58 bits per heavy atom. The van der Waals surface area contributed by atoms with E-state index in [0.29, 0.717) is 48.0 Å². The van der Waals surface area contributed by atoms with Crippen molar-refractivity contribution < 1.29 is 14.3 Å². The smallest absolute Gasteiger partial charge is 0.223 e. The van der Waals surface area contributed by atoms with E-state index in [9.17, 15) is 4.79 Å². The first-order valence-corrected chi connectivity index (χ1v) is 20.6. The van der Waals surface area contributed by atoms with Crippen LogP contribution in [0.3, 0.4) is 0 Å².